The number of esters is 2. The van der Waals surface area contributed by atoms with Crippen LogP contribution in [0, 0.1) is 0 Å². The maximum Gasteiger partial charge on any atom is 0.352 e. The minimum atomic E-state index is -1.25. The molecule has 5 saturated heterocycles. The average molecular weight is 1400 g/mol. The quantitative estimate of drug-likeness (QED) is 0.0439. The molecule has 0 radical (unpaired) electrons. The predicted molar refractivity (Wildman–Crippen MR) is 298 cm³/mol. The summed E-state index contributed by atoms with van der Waals surface area (Å²) in [5.41, 5.74) is 13.4. The lowest BCUT2D eigenvalue weighted by Crippen LogP contribution is -3.00. The number of quaternary nitrogens is 2. The van der Waals surface area contributed by atoms with Crippen molar-refractivity contribution in [3.8, 4) is 0 Å². The smallest absolute Gasteiger partial charge is 0.352 e. The van der Waals surface area contributed by atoms with E-state index >= 15 is 0 Å². The molecule has 6 N–H and O–H groups in total. The Morgan fingerprint density at radius 1 is 0.671 bits per heavy atom. The number of carboxylic acid groups (broad SMARTS) is 2. The molecule has 8 heterocycles. The van der Waals surface area contributed by atoms with Crippen LogP contribution in [0.4, 0.5) is 0 Å². The fourth-order valence-electron chi connectivity index (χ4n) is 9.15. The molecule has 3 amide bonds. The summed E-state index contributed by atoms with van der Waals surface area (Å²) in [6.45, 7) is 26.6. The standard InChI is InChI=1S/C13H19N3O3S.C12H20N2O5SSi2.C10H12N2O5S.C6H16NSi.3C2H6.2HI/c1-16(4-2-3-5-16)6-8-7-20-12-9(14)11(17)15(12)10(8)13(18)19;1-6(15)18-4-7-5-20-11-8(13-21-2)10(16)14(11)9(7)12(17)19-22-3;1-4(13)17-2-5-3-18-9-6(11)8(14)12(9)7(5)10(15)16;1-7(8-2)5-3-4-6-7;3*1-2;;/h9,12H,2-7,14H2,1H3;8,11,13H,4-5,21-22H2,1-3H3;6,9H,2-3,11H2,1H3,(H,15,16);3-6,8H2,1-2H3;3*1-2H3;2*1H/q;;;+1;;;;;/p-2/t9-,12-;8-,11-;6-,9-;;;;;;/m111....../s1. The number of hydrogen-bond donors (Lipinski definition) is 4. The van der Waals surface area contributed by atoms with Crippen LogP contribution in [0.1, 0.15) is 81.1 Å². The Balaban J connectivity index is 0.000000978. The number of nitrogens with two attached hydrogens (primary N) is 2. The summed E-state index contributed by atoms with van der Waals surface area (Å²) in [7, 11) is 3.41. The van der Waals surface area contributed by atoms with Gasteiger partial charge in [0.2, 0.25) is 27.5 Å². The number of carbonyl (C=O) groups is 8. The Morgan fingerprint density at radius 2 is 1.08 bits per heavy atom. The van der Waals surface area contributed by atoms with Gasteiger partial charge in [-0.3, -0.25) is 38.7 Å². The Hall–Kier alpha value is -2.06. The monoisotopic (exact) mass is 1400 g/mol. The first-order valence-electron chi connectivity index (χ1n) is 25.9. The van der Waals surface area contributed by atoms with Crippen LogP contribution in [0.5, 0.6) is 0 Å². The first-order chi connectivity index (χ1) is 35.1. The van der Waals surface area contributed by atoms with Crippen molar-refractivity contribution in [1.29, 1.82) is 0 Å². The van der Waals surface area contributed by atoms with Crippen molar-refractivity contribution in [3.05, 3.63) is 33.8 Å². The number of likely N-dealkylation sites (tertiary alicyclic amines) is 2. The lowest BCUT2D eigenvalue weighted by atomic mass is 10.0. The summed E-state index contributed by atoms with van der Waals surface area (Å²) in [5.74, 6) is -3.09. The van der Waals surface area contributed by atoms with Crippen molar-refractivity contribution in [2.24, 2.45) is 11.5 Å². The average Bonchev–Trinajstić information content (AvgIpc) is 4.05. The fraction of sp³-hybridized carbons (Fsp3) is 0.702. The molecule has 0 aliphatic carbocycles. The lowest BCUT2D eigenvalue weighted by Gasteiger charge is -2.50. The first kappa shape index (κ1) is 73.9. The number of aliphatic carboxylic acids is 2. The van der Waals surface area contributed by atoms with Crippen LogP contribution in [0.3, 0.4) is 0 Å². The molecule has 76 heavy (non-hydrogen) atoms. The highest BCUT2D eigenvalue weighted by Gasteiger charge is 2.54. The fourth-order valence-corrected chi connectivity index (χ4v) is 15.5. The predicted octanol–water partition coefficient (Wildman–Crippen LogP) is -6.47. The molecule has 0 aromatic carbocycles. The highest BCUT2D eigenvalue weighted by molar-refractivity contribution is 8.00. The zero-order valence-electron chi connectivity index (χ0n) is 46.7. The van der Waals surface area contributed by atoms with E-state index in [2.05, 4.69) is 32.2 Å². The van der Waals surface area contributed by atoms with Crippen LogP contribution in [-0.2, 0) is 52.3 Å². The van der Waals surface area contributed by atoms with Crippen LogP contribution in [0.15, 0.2) is 33.8 Å². The van der Waals surface area contributed by atoms with Gasteiger partial charge in [0.15, 0.2) is 0 Å². The molecule has 5 fully saturated rings. The van der Waals surface area contributed by atoms with Gasteiger partial charge in [0.05, 0.1) is 61.6 Å². The van der Waals surface area contributed by atoms with E-state index in [4.69, 9.17) is 30.5 Å². The van der Waals surface area contributed by atoms with Gasteiger partial charge in [0.25, 0.3) is 9.68 Å². The number of carboxylic acids is 2. The summed E-state index contributed by atoms with van der Waals surface area (Å²) in [4.78, 5) is 99.7. The number of rotatable bonds is 13. The largest absolute Gasteiger partial charge is 1.00 e. The molecule has 8 aliphatic heterocycles. The number of carbonyl (C=O) groups excluding carboxylic acids is 7. The molecule has 0 spiro atoms. The number of likely N-dealkylation sites (N-methyl/N-ethyl adjacent to an activating group) is 1. The number of thioether (sulfide) groups is 3. The number of halogens is 2. The highest BCUT2D eigenvalue weighted by Crippen LogP contribution is 2.42. The minimum absolute atomic E-state index is 0. The molecule has 0 aromatic heterocycles. The zero-order valence-corrected chi connectivity index (χ0v) is 57.7. The molecule has 6 atom stereocenters. The van der Waals surface area contributed by atoms with Crippen LogP contribution in [0.2, 0.25) is 19.6 Å². The van der Waals surface area contributed by atoms with Gasteiger partial charge < -0.3 is 102 Å². The second-order valence-corrected chi connectivity index (χ2v) is 25.5. The number of nitrogens with zero attached hydrogens (tertiary/aromatic N) is 5. The maximum absolute atomic E-state index is 12.3. The van der Waals surface area contributed by atoms with Crippen LogP contribution < -0.4 is 69.5 Å². The van der Waals surface area contributed by atoms with Crippen molar-refractivity contribution in [2.75, 3.05) is 77.3 Å². The van der Waals surface area contributed by atoms with Gasteiger partial charge in [-0.25, -0.2) is 9.59 Å². The van der Waals surface area contributed by atoms with Gasteiger partial charge in [0, 0.05) is 73.5 Å². The molecule has 0 bridgehead atoms. The third-order valence-electron chi connectivity index (χ3n) is 13.0. The van der Waals surface area contributed by atoms with Crippen molar-refractivity contribution in [1.82, 2.24) is 19.7 Å². The van der Waals surface area contributed by atoms with Gasteiger partial charge in [-0.2, -0.15) is 0 Å². The van der Waals surface area contributed by atoms with Crippen molar-refractivity contribution >= 4 is 112 Å². The van der Waals surface area contributed by atoms with E-state index in [1.165, 1.54) is 83.2 Å². The molecular weight excluding hydrogens is 1320 g/mol. The second-order valence-electron chi connectivity index (χ2n) is 18.1. The Labute approximate surface area is 504 Å². The zero-order chi connectivity index (χ0) is 56.2. The van der Waals surface area contributed by atoms with Gasteiger partial charge in [-0.05, 0) is 13.1 Å². The molecule has 0 aromatic rings. The SMILES string of the molecule is CC.CC.CC.CC(=O)OCC1=C(C(=O)O)N2C(=O)[C@@H](N)[C@H]2SC1.C[N+]1(CC2=C(C(=O)[O-])N3C(=O)[C@@H](N)[C@H]3SC2)CCCC1.C[SiH2]N[C@@H]1C(=O)N2C(C(=O)O[SiH2]C)=C(COC(C)=O)CS[C@H]12.C[SiH2][N+]1(C)CCCC1.[I-].[I-]. The van der Waals surface area contributed by atoms with Gasteiger partial charge in [0.1, 0.15) is 65.4 Å². The molecule has 8 aliphatic rings. The molecule has 21 nitrogen and oxygen atoms in total. The second kappa shape index (κ2) is 35.6. The van der Waals surface area contributed by atoms with Crippen molar-refractivity contribution in [3.63, 3.8) is 0 Å². The number of fused-ring (bicyclic) bond motifs is 3. The summed E-state index contributed by atoms with van der Waals surface area (Å²) < 4.78 is 17.3. The number of nitrogens with one attached hydrogen (secondary N) is 1. The summed E-state index contributed by atoms with van der Waals surface area (Å²) in [5, 5.41) is 20.0. The first-order valence-corrected chi connectivity index (χ1v) is 35.2. The number of β-lactam (4-membered cyclic amide) rings is 3. The maximum atomic E-state index is 12.3. The topological polar surface area (TPSA) is 281 Å². The van der Waals surface area contributed by atoms with E-state index in [9.17, 15) is 43.5 Å². The number of hydrogen-bond acceptors (Lipinski definition) is 18. The normalized spacial score (nSPS) is 25.1. The van der Waals surface area contributed by atoms with Gasteiger partial charge >= 0.3 is 23.9 Å². The van der Waals surface area contributed by atoms with Crippen molar-refractivity contribution in [2.45, 2.75) is 135 Å². The van der Waals surface area contributed by atoms with E-state index in [-0.39, 0.29) is 122 Å². The number of ether oxygens (including phenoxy) is 2. The molecule has 8 rings (SSSR count). The van der Waals surface area contributed by atoms with E-state index in [1.54, 1.807) is 23.5 Å². The number of amides is 3. The summed E-state index contributed by atoms with van der Waals surface area (Å²) in [6, 6.07) is -1.44. The summed E-state index contributed by atoms with van der Waals surface area (Å²) in [6.07, 6.45) is 5.32. The lowest BCUT2D eigenvalue weighted by molar-refractivity contribution is -0.893. The molecule has 29 heteroatoms. The van der Waals surface area contributed by atoms with Gasteiger partial charge in [-0.15, -0.1) is 35.3 Å². The Morgan fingerprint density at radius 3 is 1.47 bits per heavy atom. The molecule has 0 unspecified atom stereocenters. The highest BCUT2D eigenvalue weighted by atomic mass is 127. The molecular formula is C47H85I2N8O13S3Si3-. The van der Waals surface area contributed by atoms with Crippen LogP contribution >= 0.6 is 35.3 Å². The van der Waals surface area contributed by atoms with Crippen LogP contribution in [0.25, 0.3) is 0 Å². The van der Waals surface area contributed by atoms with Gasteiger partial charge in [-0.1, -0.05) is 48.1 Å². The Kier molecular flexibility index (Phi) is 34.7. The van der Waals surface area contributed by atoms with Crippen molar-refractivity contribution < 1.29 is 119 Å². The minimum Gasteiger partial charge on any atom is -1.00 e. The Bertz CT molecular complexity index is 2120. The van der Waals surface area contributed by atoms with E-state index in [1.807, 2.05) is 48.1 Å². The van der Waals surface area contributed by atoms with E-state index in [0.29, 0.717) is 34.9 Å². The van der Waals surface area contributed by atoms with E-state index < -0.39 is 67.3 Å². The van der Waals surface area contributed by atoms with E-state index in [0.717, 1.165) is 23.1 Å². The third-order valence-corrected chi connectivity index (χ3v) is 20.7. The van der Waals surface area contributed by atoms with Crippen LogP contribution in [-0.4, -0.2) is 217 Å². The molecule has 0 saturated carbocycles. The summed E-state index contributed by atoms with van der Waals surface area (Å²) >= 11 is 4.51. The molecule has 436 valence electrons. The third kappa shape index (κ3) is 18.8.